The first-order valence-electron chi connectivity index (χ1n) is 5.83. The van der Waals surface area contributed by atoms with Gasteiger partial charge < -0.3 is 14.6 Å². The third-order valence-electron chi connectivity index (χ3n) is 2.74. The Bertz CT molecular complexity index is 645. The van der Waals surface area contributed by atoms with Crippen molar-refractivity contribution in [3.05, 3.63) is 29.5 Å². The number of methoxy groups -OCH3 is 1. The van der Waals surface area contributed by atoms with Gasteiger partial charge in [-0.15, -0.1) is 11.3 Å². The van der Waals surface area contributed by atoms with E-state index in [-0.39, 0.29) is 0 Å². The van der Waals surface area contributed by atoms with E-state index in [1.807, 2.05) is 16.0 Å². The second kappa shape index (κ2) is 5.37. The van der Waals surface area contributed by atoms with E-state index in [4.69, 9.17) is 4.74 Å². The molecule has 0 aliphatic carbocycles. The molecule has 8 heteroatoms. The Labute approximate surface area is 113 Å². The van der Waals surface area contributed by atoms with Crippen LogP contribution < -0.4 is 10.1 Å². The van der Waals surface area contributed by atoms with Gasteiger partial charge in [-0.3, -0.25) is 4.40 Å². The lowest BCUT2D eigenvalue weighted by Crippen LogP contribution is -2.18. The number of fused-ring (bicyclic) bond motifs is 1. The van der Waals surface area contributed by atoms with E-state index in [1.165, 1.54) is 6.39 Å². The number of hydrogen-bond acceptors (Lipinski definition) is 7. The third-order valence-corrected chi connectivity index (χ3v) is 3.50. The molecule has 1 N–H and O–H groups in total. The van der Waals surface area contributed by atoms with E-state index < -0.39 is 0 Å². The van der Waals surface area contributed by atoms with Gasteiger partial charge in [0.1, 0.15) is 5.69 Å². The molecule has 0 spiro atoms. The number of ether oxygens (including phenoxy) is 1. The van der Waals surface area contributed by atoms with Gasteiger partial charge in [0.05, 0.1) is 7.11 Å². The number of thiazole rings is 1. The standard InChI is InChI=1S/C11H13N5O2S/c1-17-10-8(16-4-5-19-11(16)14-10)6-12-3-2-9-13-7-18-15-9/h4-5,7,12H,2-3,6H2,1H3. The van der Waals surface area contributed by atoms with E-state index in [9.17, 15) is 0 Å². The molecule has 0 atom stereocenters. The van der Waals surface area contributed by atoms with Gasteiger partial charge in [-0.05, 0) is 0 Å². The summed E-state index contributed by atoms with van der Waals surface area (Å²) in [6.45, 7) is 1.44. The smallest absolute Gasteiger partial charge is 0.237 e. The van der Waals surface area contributed by atoms with Crippen molar-refractivity contribution in [1.29, 1.82) is 0 Å². The average Bonchev–Trinajstić information content (AvgIpc) is 3.12. The maximum atomic E-state index is 5.29. The predicted octanol–water partition coefficient (Wildman–Crippen LogP) is 1.12. The normalized spacial score (nSPS) is 11.2. The number of imidazole rings is 1. The van der Waals surface area contributed by atoms with Gasteiger partial charge in [-0.2, -0.15) is 9.97 Å². The summed E-state index contributed by atoms with van der Waals surface area (Å²) < 4.78 is 12.0. The SMILES string of the molecule is COc1nc2sccn2c1CNCCc1ncon1. The number of nitrogens with one attached hydrogen (secondary N) is 1. The summed E-state index contributed by atoms with van der Waals surface area (Å²) in [5.41, 5.74) is 1.02. The van der Waals surface area contributed by atoms with Crippen LogP contribution in [0.3, 0.4) is 0 Å². The zero-order chi connectivity index (χ0) is 13.1. The van der Waals surface area contributed by atoms with Crippen molar-refractivity contribution < 1.29 is 9.26 Å². The Kier molecular flexibility index (Phi) is 3.43. The molecule has 0 fully saturated rings. The van der Waals surface area contributed by atoms with Gasteiger partial charge in [0.15, 0.2) is 10.8 Å². The van der Waals surface area contributed by atoms with E-state index in [0.717, 1.165) is 23.6 Å². The number of nitrogens with zero attached hydrogens (tertiary/aromatic N) is 4. The van der Waals surface area contributed by atoms with E-state index in [0.29, 0.717) is 18.2 Å². The second-order valence-electron chi connectivity index (χ2n) is 3.90. The third kappa shape index (κ3) is 2.45. The fraction of sp³-hybridized carbons (Fsp3) is 0.364. The van der Waals surface area contributed by atoms with Gasteiger partial charge >= 0.3 is 0 Å². The highest BCUT2D eigenvalue weighted by atomic mass is 32.1. The summed E-state index contributed by atoms with van der Waals surface area (Å²) in [6, 6.07) is 0. The molecule has 3 rings (SSSR count). The van der Waals surface area contributed by atoms with Crippen LogP contribution in [0.25, 0.3) is 4.96 Å². The summed E-state index contributed by atoms with van der Waals surface area (Å²) in [5.74, 6) is 1.37. The van der Waals surface area contributed by atoms with Crippen LogP contribution in [0.2, 0.25) is 0 Å². The number of rotatable bonds is 6. The lowest BCUT2D eigenvalue weighted by atomic mass is 10.4. The van der Waals surface area contributed by atoms with Crippen molar-refractivity contribution in [1.82, 2.24) is 24.8 Å². The largest absolute Gasteiger partial charge is 0.480 e. The van der Waals surface area contributed by atoms with Crippen LogP contribution in [0.4, 0.5) is 0 Å². The molecule has 0 saturated heterocycles. The van der Waals surface area contributed by atoms with Crippen molar-refractivity contribution in [2.75, 3.05) is 13.7 Å². The lowest BCUT2D eigenvalue weighted by Gasteiger charge is -2.04. The molecule has 0 amide bonds. The first-order valence-corrected chi connectivity index (χ1v) is 6.71. The lowest BCUT2D eigenvalue weighted by molar-refractivity contribution is 0.392. The maximum absolute atomic E-state index is 5.29. The molecular formula is C11H13N5O2S. The minimum Gasteiger partial charge on any atom is -0.480 e. The number of hydrogen-bond donors (Lipinski definition) is 1. The molecule has 0 aromatic carbocycles. The molecule has 0 bridgehead atoms. The fourth-order valence-corrected chi connectivity index (χ4v) is 2.57. The van der Waals surface area contributed by atoms with Crippen LogP contribution >= 0.6 is 11.3 Å². The highest BCUT2D eigenvalue weighted by Crippen LogP contribution is 2.22. The zero-order valence-corrected chi connectivity index (χ0v) is 11.2. The van der Waals surface area contributed by atoms with Crippen LogP contribution in [-0.2, 0) is 13.0 Å². The Morgan fingerprint density at radius 3 is 3.26 bits per heavy atom. The molecule has 0 unspecified atom stereocenters. The van der Waals surface area contributed by atoms with Gasteiger partial charge in [0.2, 0.25) is 12.3 Å². The summed E-state index contributed by atoms with van der Waals surface area (Å²) in [4.78, 5) is 9.30. The summed E-state index contributed by atoms with van der Waals surface area (Å²) in [6.07, 6.45) is 4.06. The Morgan fingerprint density at radius 2 is 2.47 bits per heavy atom. The van der Waals surface area contributed by atoms with Crippen molar-refractivity contribution in [3.8, 4) is 5.88 Å². The minimum absolute atomic E-state index is 0.666. The fourth-order valence-electron chi connectivity index (χ4n) is 1.85. The molecule has 0 saturated carbocycles. The van der Waals surface area contributed by atoms with Crippen molar-refractivity contribution in [3.63, 3.8) is 0 Å². The quantitative estimate of drug-likeness (QED) is 0.681. The molecule has 7 nitrogen and oxygen atoms in total. The van der Waals surface area contributed by atoms with E-state index in [2.05, 4.69) is 25.0 Å². The first kappa shape index (κ1) is 12.1. The summed E-state index contributed by atoms with van der Waals surface area (Å²) in [5, 5.41) is 9.09. The second-order valence-corrected chi connectivity index (χ2v) is 4.77. The molecule has 100 valence electrons. The molecule has 0 aliphatic rings. The van der Waals surface area contributed by atoms with Gasteiger partial charge in [-0.1, -0.05) is 5.16 Å². The van der Waals surface area contributed by atoms with Gasteiger partial charge in [-0.25, -0.2) is 0 Å². The highest BCUT2D eigenvalue weighted by molar-refractivity contribution is 7.15. The Balaban J connectivity index is 1.62. The number of aromatic nitrogens is 4. The molecule has 3 heterocycles. The summed E-state index contributed by atoms with van der Waals surface area (Å²) >= 11 is 1.59. The first-order chi connectivity index (χ1) is 9.38. The van der Waals surface area contributed by atoms with E-state index in [1.54, 1.807) is 18.4 Å². The molecule has 0 radical (unpaired) electrons. The summed E-state index contributed by atoms with van der Waals surface area (Å²) in [7, 11) is 1.63. The molecule has 3 aromatic heterocycles. The molecule has 0 aliphatic heterocycles. The Hall–Kier alpha value is -1.93. The van der Waals surface area contributed by atoms with Crippen LogP contribution in [-0.4, -0.2) is 33.2 Å². The zero-order valence-electron chi connectivity index (χ0n) is 10.4. The minimum atomic E-state index is 0.666. The van der Waals surface area contributed by atoms with Gasteiger partial charge in [0, 0.05) is 31.1 Å². The molecule has 19 heavy (non-hydrogen) atoms. The highest BCUT2D eigenvalue weighted by Gasteiger charge is 2.12. The van der Waals surface area contributed by atoms with Crippen LogP contribution in [0, 0.1) is 0 Å². The van der Waals surface area contributed by atoms with Crippen LogP contribution in [0.1, 0.15) is 11.5 Å². The van der Waals surface area contributed by atoms with Crippen molar-refractivity contribution in [2.24, 2.45) is 0 Å². The average molecular weight is 279 g/mol. The van der Waals surface area contributed by atoms with E-state index >= 15 is 0 Å². The topological polar surface area (TPSA) is 77.5 Å². The monoisotopic (exact) mass is 279 g/mol. The Morgan fingerprint density at radius 1 is 1.53 bits per heavy atom. The van der Waals surface area contributed by atoms with Crippen molar-refractivity contribution >= 4 is 16.3 Å². The van der Waals surface area contributed by atoms with Gasteiger partial charge in [0.25, 0.3) is 0 Å². The molecule has 3 aromatic rings. The maximum Gasteiger partial charge on any atom is 0.237 e. The van der Waals surface area contributed by atoms with Crippen molar-refractivity contribution in [2.45, 2.75) is 13.0 Å². The van der Waals surface area contributed by atoms with Crippen LogP contribution in [0.5, 0.6) is 5.88 Å². The van der Waals surface area contributed by atoms with Crippen LogP contribution in [0.15, 0.2) is 22.5 Å². The predicted molar refractivity (Wildman–Crippen MR) is 69.3 cm³/mol. The molecular weight excluding hydrogens is 266 g/mol.